The Kier molecular flexibility index (Phi) is 7.52. The maximum Gasteiger partial charge on any atom is 0.171 e. The van der Waals surface area contributed by atoms with E-state index in [1.807, 2.05) is 36.5 Å². The van der Waals surface area contributed by atoms with Gasteiger partial charge in [-0.1, -0.05) is 158 Å². The highest BCUT2D eigenvalue weighted by atomic mass is 31.2. The van der Waals surface area contributed by atoms with Gasteiger partial charge in [-0.15, -0.1) is 0 Å². The molecule has 1 atom stereocenters. The van der Waals surface area contributed by atoms with Crippen LogP contribution in [0.5, 0.6) is 0 Å². The topological polar surface area (TPSA) is 34.9 Å². The van der Waals surface area contributed by atoms with Crippen LogP contribution in [-0.4, -0.2) is 9.55 Å². The molecule has 3 nitrogen and oxygen atoms in total. The quantitative estimate of drug-likeness (QED) is 0.159. The summed E-state index contributed by atoms with van der Waals surface area (Å²) in [6, 6.07) is 70.0. The van der Waals surface area contributed by atoms with Crippen molar-refractivity contribution in [3.8, 4) is 28.1 Å². The lowest BCUT2D eigenvalue weighted by atomic mass is 9.89. The van der Waals surface area contributed by atoms with E-state index in [0.717, 1.165) is 60.2 Å². The third-order valence-corrected chi connectivity index (χ3v) is 14.6. The number of benzene rings is 8. The van der Waals surface area contributed by atoms with Crippen molar-refractivity contribution in [3.05, 3.63) is 223 Å². The molecule has 0 aliphatic heterocycles. The fraction of sp³-hybridized carbons (Fsp3) is 0.0192. The Morgan fingerprint density at radius 1 is 0.464 bits per heavy atom. The summed E-state index contributed by atoms with van der Waals surface area (Å²) >= 11 is 0. The Hall–Kier alpha value is -6.80. The fourth-order valence-corrected chi connectivity index (χ4v) is 11.8. The van der Waals surface area contributed by atoms with Crippen molar-refractivity contribution in [3.63, 3.8) is 0 Å². The van der Waals surface area contributed by atoms with Gasteiger partial charge in [0.05, 0.1) is 16.7 Å². The highest BCUT2D eigenvalue weighted by Gasteiger charge is 2.34. The van der Waals surface area contributed by atoms with E-state index in [2.05, 4.69) is 174 Å². The van der Waals surface area contributed by atoms with Gasteiger partial charge >= 0.3 is 0 Å². The van der Waals surface area contributed by atoms with E-state index in [-0.39, 0.29) is 5.92 Å². The molecule has 2 aromatic heterocycles. The average Bonchev–Trinajstić information content (AvgIpc) is 3.79. The molecule has 2 heterocycles. The minimum absolute atomic E-state index is 0.0333. The molecule has 0 N–H and O–H groups in total. The second-order valence-electron chi connectivity index (χ2n) is 14.6. The van der Waals surface area contributed by atoms with Crippen LogP contribution in [0.4, 0.5) is 0 Å². The molecule has 0 spiro atoms. The monoisotopic (exact) mass is 734 g/mol. The first-order valence-electron chi connectivity index (χ1n) is 19.1. The van der Waals surface area contributed by atoms with Gasteiger partial charge in [0.15, 0.2) is 7.14 Å². The van der Waals surface area contributed by atoms with Crippen molar-refractivity contribution in [2.75, 3.05) is 0 Å². The summed E-state index contributed by atoms with van der Waals surface area (Å²) < 4.78 is 19.0. The largest absolute Gasteiger partial charge is 0.309 e. The maximum atomic E-state index is 16.7. The molecule has 0 bridgehead atoms. The molecule has 0 radical (unpaired) electrons. The number of para-hydroxylation sites is 2. The molecule has 56 heavy (non-hydrogen) atoms. The number of rotatable bonds is 6. The Morgan fingerprint density at radius 2 is 1.02 bits per heavy atom. The first-order valence-corrected chi connectivity index (χ1v) is 20.8. The molecule has 1 unspecified atom stereocenters. The van der Waals surface area contributed by atoms with E-state index in [1.54, 1.807) is 0 Å². The van der Waals surface area contributed by atoms with Gasteiger partial charge < -0.3 is 9.13 Å². The van der Waals surface area contributed by atoms with Crippen LogP contribution in [0, 0.1) is 0 Å². The first kappa shape index (κ1) is 32.6. The summed E-state index contributed by atoms with van der Waals surface area (Å²) in [4.78, 5) is 4.87. The standard InChI is InChI=1S/C52H35N2OP/c55-56(40-19-12-16-37(33-40)52-42-21-2-1-14-35(42)30-31-53-52,39-18-11-15-36(32-39)51-47-26-5-3-22-43(47)44-23-4-6-27-48(44)51)41-20-13-17-38(34-41)54-49-28-9-7-24-45(49)46-25-8-10-29-50(46)54/h1-34,51H. The predicted molar refractivity (Wildman–Crippen MR) is 234 cm³/mol. The Bertz CT molecular complexity index is 3110. The molecule has 10 aromatic rings. The Balaban J connectivity index is 1.14. The van der Waals surface area contributed by atoms with E-state index >= 15 is 4.57 Å². The van der Waals surface area contributed by atoms with Crippen molar-refractivity contribution in [2.24, 2.45) is 0 Å². The lowest BCUT2D eigenvalue weighted by Crippen LogP contribution is -2.26. The lowest BCUT2D eigenvalue weighted by Gasteiger charge is -2.24. The smallest absolute Gasteiger partial charge is 0.171 e. The van der Waals surface area contributed by atoms with Crippen LogP contribution in [0.2, 0.25) is 0 Å². The molecule has 1 aliphatic carbocycles. The SMILES string of the molecule is O=P(c1cccc(-c2nccc3ccccc23)c1)(c1cccc(C2c3ccccc3-c3ccccc32)c1)c1cccc(-n2c3ccccc3c3ccccc32)c1. The minimum atomic E-state index is -3.51. The molecular formula is C52H35N2OP. The zero-order valence-corrected chi connectivity index (χ0v) is 31.4. The van der Waals surface area contributed by atoms with Crippen LogP contribution in [0.3, 0.4) is 0 Å². The van der Waals surface area contributed by atoms with Crippen LogP contribution in [0.1, 0.15) is 22.6 Å². The third kappa shape index (κ3) is 4.98. The van der Waals surface area contributed by atoms with Crippen molar-refractivity contribution < 1.29 is 4.57 Å². The van der Waals surface area contributed by atoms with E-state index in [9.17, 15) is 0 Å². The number of nitrogens with zero attached hydrogens (tertiary/aromatic N) is 2. The molecule has 4 heteroatoms. The minimum Gasteiger partial charge on any atom is -0.309 e. The molecule has 11 rings (SSSR count). The fourth-order valence-electron chi connectivity index (χ4n) is 9.09. The lowest BCUT2D eigenvalue weighted by molar-refractivity contribution is 0.592. The van der Waals surface area contributed by atoms with E-state index in [4.69, 9.17) is 4.98 Å². The number of fused-ring (bicyclic) bond motifs is 7. The highest BCUT2D eigenvalue weighted by molar-refractivity contribution is 7.85. The Labute approximate surface area is 325 Å². The number of pyridine rings is 1. The maximum absolute atomic E-state index is 16.7. The van der Waals surface area contributed by atoms with Crippen molar-refractivity contribution >= 4 is 55.6 Å². The summed E-state index contributed by atoms with van der Waals surface area (Å²) in [6.45, 7) is 0. The van der Waals surface area contributed by atoms with Crippen LogP contribution in [-0.2, 0) is 4.57 Å². The zero-order valence-electron chi connectivity index (χ0n) is 30.5. The number of aromatic nitrogens is 2. The highest BCUT2D eigenvalue weighted by Crippen LogP contribution is 2.49. The summed E-state index contributed by atoms with van der Waals surface area (Å²) in [5, 5.41) is 6.93. The van der Waals surface area contributed by atoms with Crippen LogP contribution >= 0.6 is 7.14 Å². The number of hydrogen-bond acceptors (Lipinski definition) is 2. The van der Waals surface area contributed by atoms with Crippen LogP contribution in [0.25, 0.3) is 60.6 Å². The molecule has 0 saturated heterocycles. The second kappa shape index (κ2) is 12.9. The van der Waals surface area contributed by atoms with Gasteiger partial charge in [0.25, 0.3) is 0 Å². The first-order chi connectivity index (χ1) is 27.7. The zero-order chi connectivity index (χ0) is 37.2. The summed E-state index contributed by atoms with van der Waals surface area (Å²) in [6.07, 6.45) is 1.86. The average molecular weight is 735 g/mol. The molecule has 0 fully saturated rings. The second-order valence-corrected chi connectivity index (χ2v) is 17.4. The molecular weight excluding hydrogens is 700 g/mol. The van der Waals surface area contributed by atoms with Crippen molar-refractivity contribution in [2.45, 2.75) is 5.92 Å². The van der Waals surface area contributed by atoms with Crippen molar-refractivity contribution in [1.82, 2.24) is 9.55 Å². The van der Waals surface area contributed by atoms with Gasteiger partial charge in [0.1, 0.15) is 0 Å². The van der Waals surface area contributed by atoms with Gasteiger partial charge in [0, 0.05) is 55.4 Å². The predicted octanol–water partition coefficient (Wildman–Crippen LogP) is 11.8. The molecule has 0 amide bonds. The Morgan fingerprint density at radius 3 is 1.73 bits per heavy atom. The summed E-state index contributed by atoms with van der Waals surface area (Å²) in [5.74, 6) is 0.0333. The molecule has 8 aromatic carbocycles. The van der Waals surface area contributed by atoms with Crippen LogP contribution in [0.15, 0.2) is 206 Å². The normalized spacial score (nSPS) is 13.5. The van der Waals surface area contributed by atoms with Crippen LogP contribution < -0.4 is 15.9 Å². The van der Waals surface area contributed by atoms with Gasteiger partial charge in [0.2, 0.25) is 0 Å². The van der Waals surface area contributed by atoms with Gasteiger partial charge in [-0.2, -0.15) is 0 Å². The van der Waals surface area contributed by atoms with E-state index < -0.39 is 7.14 Å². The molecule has 264 valence electrons. The summed E-state index contributed by atoms with van der Waals surface area (Å²) in [5.41, 5.74) is 11.2. The molecule has 0 saturated carbocycles. The van der Waals surface area contributed by atoms with Crippen molar-refractivity contribution in [1.29, 1.82) is 0 Å². The van der Waals surface area contributed by atoms with E-state index in [1.165, 1.54) is 33.0 Å². The number of hydrogen-bond donors (Lipinski definition) is 0. The van der Waals surface area contributed by atoms with E-state index in [0.29, 0.717) is 0 Å². The van der Waals surface area contributed by atoms with Gasteiger partial charge in [-0.3, -0.25) is 4.98 Å². The summed E-state index contributed by atoms with van der Waals surface area (Å²) in [7, 11) is -3.51. The third-order valence-electron chi connectivity index (χ3n) is 11.6. The van der Waals surface area contributed by atoms with Gasteiger partial charge in [-0.05, 0) is 75.7 Å². The molecule has 1 aliphatic rings. The van der Waals surface area contributed by atoms with Gasteiger partial charge in [-0.25, -0.2) is 0 Å².